The summed E-state index contributed by atoms with van der Waals surface area (Å²) in [7, 11) is -3.87. The summed E-state index contributed by atoms with van der Waals surface area (Å²) in [4.78, 5) is 12.5. The zero-order valence-corrected chi connectivity index (χ0v) is 17.9. The minimum atomic E-state index is -3.87. The summed E-state index contributed by atoms with van der Waals surface area (Å²) >= 11 is 0. The third kappa shape index (κ3) is 5.93. The fourth-order valence-electron chi connectivity index (χ4n) is 2.98. The van der Waals surface area contributed by atoms with E-state index >= 15 is 0 Å². The first-order valence-corrected chi connectivity index (χ1v) is 11.2. The lowest BCUT2D eigenvalue weighted by Gasteiger charge is -2.28. The van der Waals surface area contributed by atoms with Crippen LogP contribution in [-0.4, -0.2) is 39.8 Å². The van der Waals surface area contributed by atoms with Crippen LogP contribution in [0.4, 0.5) is 10.1 Å². The van der Waals surface area contributed by atoms with Gasteiger partial charge in [-0.05, 0) is 36.6 Å². The number of carbonyl (C=O) groups excluding carboxylic acids is 1. The summed E-state index contributed by atoms with van der Waals surface area (Å²) in [5.74, 6) is -0.218. The molecule has 0 bridgehead atoms. The third-order valence-corrected chi connectivity index (χ3v) is 5.61. The van der Waals surface area contributed by atoms with Gasteiger partial charge in [0.15, 0.2) is 0 Å². The lowest BCUT2D eigenvalue weighted by molar-refractivity contribution is -0.121. The molecule has 0 spiro atoms. The molecular formula is C21H27FN2O4S. The number of rotatable bonds is 9. The Morgan fingerprint density at radius 3 is 2.34 bits per heavy atom. The van der Waals surface area contributed by atoms with Gasteiger partial charge in [0.1, 0.15) is 24.2 Å². The quantitative estimate of drug-likeness (QED) is 0.629. The Kier molecular flexibility index (Phi) is 7.61. The van der Waals surface area contributed by atoms with Crippen molar-refractivity contribution in [1.82, 2.24) is 5.32 Å². The van der Waals surface area contributed by atoms with Crippen LogP contribution in [0.3, 0.4) is 0 Å². The van der Waals surface area contributed by atoms with E-state index in [-0.39, 0.29) is 18.8 Å². The van der Waals surface area contributed by atoms with E-state index in [2.05, 4.69) is 19.2 Å². The van der Waals surface area contributed by atoms with Crippen molar-refractivity contribution in [1.29, 1.82) is 0 Å². The Hall–Kier alpha value is -2.61. The first kappa shape index (κ1) is 22.7. The Morgan fingerprint density at radius 2 is 1.72 bits per heavy atom. The number of carbonyl (C=O) groups is 1. The summed E-state index contributed by atoms with van der Waals surface area (Å²) in [6.07, 6.45) is 0.940. The van der Waals surface area contributed by atoms with Gasteiger partial charge >= 0.3 is 0 Å². The van der Waals surface area contributed by atoms with Crippen LogP contribution in [-0.2, 0) is 14.8 Å². The summed E-state index contributed by atoms with van der Waals surface area (Å²) in [6.45, 7) is 5.95. The van der Waals surface area contributed by atoms with Gasteiger partial charge in [-0.2, -0.15) is 0 Å². The molecule has 2 rings (SSSR count). The van der Waals surface area contributed by atoms with Crippen molar-refractivity contribution in [3.63, 3.8) is 0 Å². The van der Waals surface area contributed by atoms with Gasteiger partial charge < -0.3 is 10.1 Å². The maximum absolute atomic E-state index is 14.1. The van der Waals surface area contributed by atoms with Gasteiger partial charge in [0.05, 0.1) is 18.5 Å². The second-order valence-electron chi connectivity index (χ2n) is 7.02. The Balaban J connectivity index is 2.01. The average molecular weight is 423 g/mol. The highest BCUT2D eigenvalue weighted by Gasteiger charge is 2.30. The molecule has 2 aromatic rings. The molecule has 8 heteroatoms. The van der Waals surface area contributed by atoms with Gasteiger partial charge in [0.25, 0.3) is 0 Å². The van der Waals surface area contributed by atoms with Crippen LogP contribution < -0.4 is 14.4 Å². The molecule has 0 unspecified atom stereocenters. The highest BCUT2D eigenvalue weighted by atomic mass is 32.2. The summed E-state index contributed by atoms with van der Waals surface area (Å²) in [6, 6.07) is 12.0. The summed E-state index contributed by atoms with van der Waals surface area (Å²) < 4.78 is 45.1. The molecule has 2 aromatic carbocycles. The first-order chi connectivity index (χ1) is 13.6. The number of ether oxygens (including phenoxy) is 1. The van der Waals surface area contributed by atoms with Gasteiger partial charge in [0.2, 0.25) is 15.9 Å². The van der Waals surface area contributed by atoms with E-state index in [1.54, 1.807) is 0 Å². The highest BCUT2D eigenvalue weighted by Crippen LogP contribution is 2.26. The number of hydrogen-bond acceptors (Lipinski definition) is 4. The smallest absolute Gasteiger partial charge is 0.243 e. The van der Waals surface area contributed by atoms with Crippen molar-refractivity contribution in [2.24, 2.45) is 0 Å². The Labute approximate surface area is 171 Å². The second kappa shape index (κ2) is 9.73. The van der Waals surface area contributed by atoms with Gasteiger partial charge in [-0.15, -0.1) is 0 Å². The van der Waals surface area contributed by atoms with Crippen LogP contribution in [0.1, 0.15) is 32.3 Å². The molecule has 1 atom stereocenters. The van der Waals surface area contributed by atoms with Gasteiger partial charge in [0, 0.05) is 0 Å². The monoisotopic (exact) mass is 422 g/mol. The minimum Gasteiger partial charge on any atom is -0.491 e. The molecule has 0 heterocycles. The zero-order valence-electron chi connectivity index (χ0n) is 17.1. The number of anilines is 1. The Morgan fingerprint density at radius 1 is 1.10 bits per heavy atom. The largest absolute Gasteiger partial charge is 0.491 e. The number of benzene rings is 2. The molecule has 0 fully saturated rings. The summed E-state index contributed by atoms with van der Waals surface area (Å²) in [5, 5.41) is 2.65. The molecule has 158 valence electrons. The topological polar surface area (TPSA) is 75.7 Å². The fourth-order valence-corrected chi connectivity index (χ4v) is 4.16. The number of hydrogen-bond donors (Lipinski definition) is 1. The minimum absolute atomic E-state index is 0.167. The molecule has 6 nitrogen and oxygen atoms in total. The number of halogens is 1. The van der Waals surface area contributed by atoms with Crippen LogP contribution in [0, 0.1) is 5.82 Å². The van der Waals surface area contributed by atoms with E-state index in [1.165, 1.54) is 25.1 Å². The van der Waals surface area contributed by atoms with Crippen LogP contribution in [0.5, 0.6) is 5.75 Å². The van der Waals surface area contributed by atoms with Gasteiger partial charge in [-0.1, -0.05) is 44.2 Å². The number of nitrogens with zero attached hydrogens (tertiary/aromatic N) is 1. The van der Waals surface area contributed by atoms with E-state index < -0.39 is 27.8 Å². The van der Waals surface area contributed by atoms with Crippen LogP contribution >= 0.6 is 0 Å². The third-order valence-electron chi connectivity index (χ3n) is 4.38. The van der Waals surface area contributed by atoms with Gasteiger partial charge in [-0.3, -0.25) is 9.10 Å². The lowest BCUT2D eigenvalue weighted by Crippen LogP contribution is -2.48. The molecule has 0 saturated carbocycles. The first-order valence-electron chi connectivity index (χ1n) is 9.36. The number of para-hydroxylation sites is 2. The standard InChI is InChI=1S/C21H27FN2O4S/c1-15(2)17-9-5-8-12-20(17)28-14-13-23-21(25)16(3)24(29(4,26)27)19-11-7-6-10-18(19)22/h5-12,15-16H,13-14H2,1-4H3,(H,23,25)/t16-/m0/s1. The molecule has 29 heavy (non-hydrogen) atoms. The van der Waals surface area contributed by atoms with Crippen molar-refractivity contribution in [2.45, 2.75) is 32.7 Å². The van der Waals surface area contributed by atoms with E-state index in [9.17, 15) is 17.6 Å². The molecule has 0 radical (unpaired) electrons. The molecule has 0 saturated heterocycles. The molecule has 1 amide bonds. The lowest BCUT2D eigenvalue weighted by atomic mass is 10.0. The molecule has 0 aliphatic heterocycles. The highest BCUT2D eigenvalue weighted by molar-refractivity contribution is 7.92. The fraction of sp³-hybridized carbons (Fsp3) is 0.381. The van der Waals surface area contributed by atoms with E-state index in [4.69, 9.17) is 4.74 Å². The maximum atomic E-state index is 14.1. The zero-order chi connectivity index (χ0) is 21.6. The van der Waals surface area contributed by atoms with Crippen molar-refractivity contribution in [2.75, 3.05) is 23.7 Å². The molecule has 0 aliphatic rings. The van der Waals surface area contributed by atoms with Crippen molar-refractivity contribution >= 4 is 21.6 Å². The predicted octanol–water partition coefficient (Wildman–Crippen LogP) is 3.30. The van der Waals surface area contributed by atoms with Crippen molar-refractivity contribution < 1.29 is 22.3 Å². The number of amides is 1. The average Bonchev–Trinajstić information content (AvgIpc) is 2.65. The Bertz CT molecular complexity index is 947. The maximum Gasteiger partial charge on any atom is 0.243 e. The number of nitrogens with one attached hydrogen (secondary N) is 1. The van der Waals surface area contributed by atoms with E-state index in [0.29, 0.717) is 5.92 Å². The van der Waals surface area contributed by atoms with Crippen molar-refractivity contribution in [3.8, 4) is 5.75 Å². The molecule has 0 aromatic heterocycles. The SMILES string of the molecule is CC(C)c1ccccc1OCCNC(=O)[C@H](C)N(c1ccccc1F)S(C)(=O)=O. The van der Waals surface area contributed by atoms with E-state index in [0.717, 1.165) is 27.9 Å². The van der Waals surface area contributed by atoms with Crippen LogP contribution in [0.2, 0.25) is 0 Å². The van der Waals surface area contributed by atoms with E-state index in [1.807, 2.05) is 24.3 Å². The predicted molar refractivity (Wildman–Crippen MR) is 112 cm³/mol. The summed E-state index contributed by atoms with van der Waals surface area (Å²) in [5.41, 5.74) is 0.898. The van der Waals surface area contributed by atoms with Gasteiger partial charge in [-0.25, -0.2) is 12.8 Å². The van der Waals surface area contributed by atoms with Crippen LogP contribution in [0.25, 0.3) is 0 Å². The van der Waals surface area contributed by atoms with Crippen molar-refractivity contribution in [3.05, 3.63) is 59.9 Å². The normalized spacial score (nSPS) is 12.5. The molecule has 0 aliphatic carbocycles. The molecular weight excluding hydrogens is 395 g/mol. The number of sulfonamides is 1. The molecule has 1 N–H and O–H groups in total. The second-order valence-corrected chi connectivity index (χ2v) is 8.88. The van der Waals surface area contributed by atoms with Crippen LogP contribution in [0.15, 0.2) is 48.5 Å².